The van der Waals surface area contributed by atoms with Crippen LogP contribution in [0.3, 0.4) is 0 Å². The molecule has 2 aliphatic rings. The number of benzene rings is 1. The second-order valence-electron chi connectivity index (χ2n) is 6.72. The average molecular weight is 357 g/mol. The molecule has 1 aromatic carbocycles. The molecule has 1 amide bonds. The fourth-order valence-electron chi connectivity index (χ4n) is 3.28. The first-order chi connectivity index (χ1) is 12.5. The molecule has 0 N–H and O–H groups in total. The highest BCUT2D eigenvalue weighted by molar-refractivity contribution is 5.89. The van der Waals surface area contributed by atoms with Crippen LogP contribution in [0.5, 0.6) is 5.75 Å². The van der Waals surface area contributed by atoms with Crippen LogP contribution in [0.25, 0.3) is 11.4 Å². The minimum atomic E-state index is -0.317. The number of aromatic nitrogens is 2. The molecule has 0 saturated carbocycles. The molecule has 0 radical (unpaired) electrons. The number of rotatable bonds is 2. The van der Waals surface area contributed by atoms with E-state index in [4.69, 9.17) is 14.5 Å². The van der Waals surface area contributed by atoms with Crippen molar-refractivity contribution in [2.75, 3.05) is 18.1 Å². The summed E-state index contributed by atoms with van der Waals surface area (Å²) in [5, 5.41) is 0. The number of amides is 1. The Balaban J connectivity index is 0.000000948. The van der Waals surface area contributed by atoms with Gasteiger partial charge in [0.2, 0.25) is 0 Å². The first kappa shape index (κ1) is 18.3. The SMILES string of the molecule is CC.Cc1ccc2c(c1)OCCn1cc(N3C(=O)OCC3C(C)C)nc1-2. The number of cyclic esters (lactones) is 1. The summed E-state index contributed by atoms with van der Waals surface area (Å²) in [6.45, 7) is 11.9. The highest BCUT2D eigenvalue weighted by Gasteiger charge is 2.38. The molecule has 1 aromatic heterocycles. The zero-order chi connectivity index (χ0) is 18.8. The Morgan fingerprint density at radius 2 is 2.00 bits per heavy atom. The van der Waals surface area contributed by atoms with Gasteiger partial charge < -0.3 is 14.0 Å². The van der Waals surface area contributed by atoms with Crippen LogP contribution in [0.4, 0.5) is 10.6 Å². The van der Waals surface area contributed by atoms with Gasteiger partial charge in [-0.05, 0) is 30.5 Å². The fraction of sp³-hybridized carbons (Fsp3) is 0.500. The van der Waals surface area contributed by atoms with Crippen molar-refractivity contribution in [2.45, 2.75) is 47.2 Å². The van der Waals surface area contributed by atoms with Gasteiger partial charge in [-0.1, -0.05) is 33.8 Å². The summed E-state index contributed by atoms with van der Waals surface area (Å²) in [6, 6.07) is 6.12. The van der Waals surface area contributed by atoms with E-state index in [0.29, 0.717) is 31.5 Å². The summed E-state index contributed by atoms with van der Waals surface area (Å²) in [5.41, 5.74) is 2.11. The van der Waals surface area contributed by atoms with Crippen molar-refractivity contribution in [3.05, 3.63) is 30.0 Å². The molecule has 6 heteroatoms. The van der Waals surface area contributed by atoms with E-state index in [9.17, 15) is 4.79 Å². The Kier molecular flexibility index (Phi) is 5.20. The van der Waals surface area contributed by atoms with Gasteiger partial charge in [-0.25, -0.2) is 9.78 Å². The number of fused-ring (bicyclic) bond motifs is 3. The number of imidazole rings is 1. The van der Waals surface area contributed by atoms with Gasteiger partial charge in [-0.3, -0.25) is 4.90 Å². The van der Waals surface area contributed by atoms with Gasteiger partial charge in [0.25, 0.3) is 0 Å². The average Bonchev–Trinajstić information content (AvgIpc) is 3.16. The molecular formula is C20H27N3O3. The largest absolute Gasteiger partial charge is 0.491 e. The molecule has 6 nitrogen and oxygen atoms in total. The van der Waals surface area contributed by atoms with E-state index in [2.05, 4.69) is 18.4 Å². The van der Waals surface area contributed by atoms with E-state index in [0.717, 1.165) is 22.7 Å². The maximum atomic E-state index is 12.2. The van der Waals surface area contributed by atoms with Crippen LogP contribution in [-0.2, 0) is 11.3 Å². The van der Waals surface area contributed by atoms with Crippen LogP contribution in [0.1, 0.15) is 33.3 Å². The van der Waals surface area contributed by atoms with E-state index in [1.54, 1.807) is 4.90 Å². The Labute approximate surface area is 154 Å². The molecule has 1 atom stereocenters. The Bertz CT molecular complexity index is 798. The number of carbonyl (C=O) groups is 1. The maximum Gasteiger partial charge on any atom is 0.415 e. The predicted molar refractivity (Wildman–Crippen MR) is 102 cm³/mol. The lowest BCUT2D eigenvalue weighted by Crippen LogP contribution is -2.37. The van der Waals surface area contributed by atoms with Gasteiger partial charge in [-0.2, -0.15) is 0 Å². The molecule has 0 bridgehead atoms. The third-order valence-electron chi connectivity index (χ3n) is 4.65. The molecule has 4 rings (SSSR count). The lowest BCUT2D eigenvalue weighted by Gasteiger charge is -2.21. The lowest BCUT2D eigenvalue weighted by atomic mass is 10.1. The number of carbonyl (C=O) groups excluding carboxylic acids is 1. The number of hydrogen-bond donors (Lipinski definition) is 0. The minimum absolute atomic E-state index is 0.0189. The van der Waals surface area contributed by atoms with Crippen LogP contribution >= 0.6 is 0 Å². The van der Waals surface area contributed by atoms with Gasteiger partial charge >= 0.3 is 6.09 Å². The van der Waals surface area contributed by atoms with E-state index >= 15 is 0 Å². The van der Waals surface area contributed by atoms with Crippen molar-refractivity contribution in [1.82, 2.24) is 9.55 Å². The Morgan fingerprint density at radius 3 is 2.73 bits per heavy atom. The zero-order valence-corrected chi connectivity index (χ0v) is 16.2. The van der Waals surface area contributed by atoms with E-state index in [-0.39, 0.29) is 12.1 Å². The summed E-state index contributed by atoms with van der Waals surface area (Å²) in [5.74, 6) is 2.63. The van der Waals surface area contributed by atoms with E-state index in [1.165, 1.54) is 0 Å². The minimum Gasteiger partial charge on any atom is -0.491 e. The monoisotopic (exact) mass is 357 g/mol. The summed E-state index contributed by atoms with van der Waals surface area (Å²) in [7, 11) is 0. The number of ether oxygens (including phenoxy) is 2. The van der Waals surface area contributed by atoms with Crippen molar-refractivity contribution in [3.8, 4) is 17.1 Å². The standard InChI is InChI=1S/C18H21N3O3.C2H6/c1-11(2)14-10-24-18(22)21(14)16-9-20-6-7-23-15-8-12(3)4-5-13(15)17(20)19-16;1-2/h4-5,8-9,11,14H,6-7,10H2,1-3H3;1-2H3. The highest BCUT2D eigenvalue weighted by Crippen LogP contribution is 2.35. The quantitative estimate of drug-likeness (QED) is 0.806. The molecule has 2 aliphatic heterocycles. The predicted octanol–water partition coefficient (Wildman–Crippen LogP) is 4.26. The van der Waals surface area contributed by atoms with Crippen LogP contribution in [0, 0.1) is 12.8 Å². The van der Waals surface area contributed by atoms with Crippen LogP contribution in [0.15, 0.2) is 24.4 Å². The number of aryl methyl sites for hydroxylation is 1. The van der Waals surface area contributed by atoms with Crippen molar-refractivity contribution in [2.24, 2.45) is 5.92 Å². The van der Waals surface area contributed by atoms with Gasteiger partial charge in [0.15, 0.2) is 5.82 Å². The molecular weight excluding hydrogens is 330 g/mol. The second-order valence-corrected chi connectivity index (χ2v) is 6.72. The van der Waals surface area contributed by atoms with Gasteiger partial charge in [0.1, 0.15) is 24.8 Å². The third kappa shape index (κ3) is 3.16. The third-order valence-corrected chi connectivity index (χ3v) is 4.65. The zero-order valence-electron chi connectivity index (χ0n) is 16.2. The van der Waals surface area contributed by atoms with Crippen LogP contribution in [-0.4, -0.2) is 34.9 Å². The summed E-state index contributed by atoms with van der Waals surface area (Å²) in [6.07, 6.45) is 1.61. The first-order valence-corrected chi connectivity index (χ1v) is 9.31. The molecule has 0 aliphatic carbocycles. The molecule has 140 valence electrons. The molecule has 0 spiro atoms. The van der Waals surface area contributed by atoms with Gasteiger partial charge in [0.05, 0.1) is 18.2 Å². The normalized spacial score (nSPS) is 18.3. The van der Waals surface area contributed by atoms with Crippen LogP contribution < -0.4 is 9.64 Å². The molecule has 2 aromatic rings. The molecule has 1 unspecified atom stereocenters. The van der Waals surface area contributed by atoms with E-state index in [1.807, 2.05) is 45.2 Å². The Hall–Kier alpha value is -2.50. The first-order valence-electron chi connectivity index (χ1n) is 9.31. The molecule has 26 heavy (non-hydrogen) atoms. The van der Waals surface area contributed by atoms with Crippen molar-refractivity contribution in [3.63, 3.8) is 0 Å². The van der Waals surface area contributed by atoms with Gasteiger partial charge in [0, 0.05) is 6.20 Å². The van der Waals surface area contributed by atoms with Crippen molar-refractivity contribution < 1.29 is 14.3 Å². The van der Waals surface area contributed by atoms with Crippen LogP contribution in [0.2, 0.25) is 0 Å². The summed E-state index contributed by atoms with van der Waals surface area (Å²) < 4.78 is 13.2. The van der Waals surface area contributed by atoms with Crippen molar-refractivity contribution in [1.29, 1.82) is 0 Å². The highest BCUT2D eigenvalue weighted by atomic mass is 16.6. The molecule has 1 fully saturated rings. The number of nitrogens with zero attached hydrogens (tertiary/aromatic N) is 3. The fourth-order valence-corrected chi connectivity index (χ4v) is 3.28. The summed E-state index contributed by atoms with van der Waals surface area (Å²) in [4.78, 5) is 18.6. The number of hydrogen-bond acceptors (Lipinski definition) is 4. The molecule has 1 saturated heterocycles. The summed E-state index contributed by atoms with van der Waals surface area (Å²) >= 11 is 0. The van der Waals surface area contributed by atoms with Crippen molar-refractivity contribution >= 4 is 11.9 Å². The smallest absolute Gasteiger partial charge is 0.415 e. The number of anilines is 1. The maximum absolute atomic E-state index is 12.2. The lowest BCUT2D eigenvalue weighted by molar-refractivity contribution is 0.177. The van der Waals surface area contributed by atoms with Gasteiger partial charge in [-0.15, -0.1) is 0 Å². The topological polar surface area (TPSA) is 56.6 Å². The second kappa shape index (κ2) is 7.40. The molecule has 3 heterocycles. The Morgan fingerprint density at radius 1 is 1.23 bits per heavy atom. The van der Waals surface area contributed by atoms with E-state index < -0.39 is 0 Å².